The van der Waals surface area contributed by atoms with Gasteiger partial charge in [0.25, 0.3) is 0 Å². The van der Waals surface area contributed by atoms with Crippen molar-refractivity contribution in [2.24, 2.45) is 15.7 Å². The molecule has 0 saturated carbocycles. The summed E-state index contributed by atoms with van der Waals surface area (Å²) in [7, 11) is 0. The van der Waals surface area contributed by atoms with Gasteiger partial charge < -0.3 is 25.8 Å². The lowest BCUT2D eigenvalue weighted by molar-refractivity contribution is 0.599. The highest BCUT2D eigenvalue weighted by Gasteiger charge is 2.18. The number of nitrogens with two attached hydrogens (primary N) is 1. The Balaban J connectivity index is 0.000000636. The van der Waals surface area contributed by atoms with Crippen molar-refractivity contribution in [1.82, 2.24) is 20.6 Å². The van der Waals surface area contributed by atoms with E-state index in [1.54, 1.807) is 0 Å². The quantitative estimate of drug-likeness (QED) is 0.216. The van der Waals surface area contributed by atoms with E-state index in [1.165, 1.54) is 0 Å². The van der Waals surface area contributed by atoms with E-state index in [-0.39, 0.29) is 0 Å². The molecule has 2 aromatic carbocycles. The Bertz CT molecular complexity index is 1650. The molecule has 2 aliphatic rings. The molecule has 3 aromatic heterocycles. The molecule has 8 nitrogen and oxygen atoms in total. The molecule has 212 valence electrons. The molecule has 5 N–H and O–H groups in total. The van der Waals surface area contributed by atoms with E-state index < -0.39 is 0 Å². The smallest absolute Gasteiger partial charge is 0.170 e. The summed E-state index contributed by atoms with van der Waals surface area (Å²) in [5.41, 5.74) is 11.9. The largest absolute Gasteiger partial charge is 0.453 e. The lowest BCUT2D eigenvalue weighted by Gasteiger charge is -2.05. The SMILES string of the molecule is CC.CC1CN=C(c2ccc3cc(-c4ccc(-c5ccc6cc(C7=NCC(C)N7)oc6c5)cn4)[nH]c3c2)N1.CCN. The highest BCUT2D eigenvalue weighted by molar-refractivity contribution is 6.03. The lowest BCUT2D eigenvalue weighted by atomic mass is 10.1. The van der Waals surface area contributed by atoms with Crippen LogP contribution in [0.15, 0.2) is 81.3 Å². The van der Waals surface area contributed by atoms with Crippen LogP contribution in [-0.2, 0) is 0 Å². The zero-order valence-electron chi connectivity index (χ0n) is 24.5. The summed E-state index contributed by atoms with van der Waals surface area (Å²) >= 11 is 0. The number of aromatic amines is 1. The number of aromatic nitrogens is 2. The lowest BCUT2D eigenvalue weighted by Crippen LogP contribution is -2.27. The average Bonchev–Trinajstić information content (AvgIpc) is 3.80. The fraction of sp³-hybridized carbons (Fsp3) is 0.303. The van der Waals surface area contributed by atoms with Crippen molar-refractivity contribution >= 4 is 33.5 Å². The van der Waals surface area contributed by atoms with Crippen molar-refractivity contribution < 1.29 is 4.42 Å². The maximum Gasteiger partial charge on any atom is 0.170 e. The van der Waals surface area contributed by atoms with Crippen LogP contribution in [0.2, 0.25) is 0 Å². The van der Waals surface area contributed by atoms with Gasteiger partial charge in [0.05, 0.1) is 24.5 Å². The van der Waals surface area contributed by atoms with Gasteiger partial charge in [-0.3, -0.25) is 15.0 Å². The number of furan rings is 1. The van der Waals surface area contributed by atoms with Gasteiger partial charge in [-0.25, -0.2) is 0 Å². The molecule has 0 aliphatic carbocycles. The van der Waals surface area contributed by atoms with Crippen molar-refractivity contribution in [1.29, 1.82) is 0 Å². The highest BCUT2D eigenvalue weighted by atomic mass is 16.3. The van der Waals surface area contributed by atoms with Gasteiger partial charge in [0.15, 0.2) is 11.6 Å². The molecule has 7 rings (SSSR count). The zero-order valence-corrected chi connectivity index (χ0v) is 24.5. The summed E-state index contributed by atoms with van der Waals surface area (Å²) in [6.07, 6.45) is 1.92. The number of aliphatic imine (C=N–C) groups is 2. The monoisotopic (exact) mass is 549 g/mol. The number of nitrogens with one attached hydrogen (secondary N) is 3. The molecule has 0 bridgehead atoms. The van der Waals surface area contributed by atoms with Gasteiger partial charge in [0.2, 0.25) is 0 Å². The Morgan fingerprint density at radius 3 is 2.12 bits per heavy atom. The summed E-state index contributed by atoms with van der Waals surface area (Å²) in [6.45, 7) is 12.5. The van der Waals surface area contributed by atoms with Crippen molar-refractivity contribution in [3.8, 4) is 22.5 Å². The minimum atomic E-state index is 0.343. The standard InChI is InChI=1S/C29H26N6O.C2H7N.C2H6/c1-16-13-31-28(33-16)21-6-4-19-9-25(35-24(19)10-21)23-8-7-22(15-30-23)18-3-5-20-12-27(36-26(20)11-18)29-32-14-17(2)34-29;1-2-3;1-2/h3-12,15-17,35H,13-14H2,1-2H3,(H,31,33)(H,32,34);2-3H2,1H3;1-2H3. The van der Waals surface area contributed by atoms with E-state index in [1.807, 2.05) is 33.0 Å². The van der Waals surface area contributed by atoms with Crippen LogP contribution in [-0.4, -0.2) is 53.4 Å². The van der Waals surface area contributed by atoms with Crippen molar-refractivity contribution in [2.75, 3.05) is 19.6 Å². The number of nitrogens with zero attached hydrogens (tertiary/aromatic N) is 3. The number of pyridine rings is 1. The number of amidine groups is 2. The molecule has 5 heterocycles. The van der Waals surface area contributed by atoms with Gasteiger partial charge in [0, 0.05) is 45.7 Å². The van der Waals surface area contributed by atoms with Crippen molar-refractivity contribution in [3.63, 3.8) is 0 Å². The molecule has 0 saturated heterocycles. The van der Waals surface area contributed by atoms with Crippen LogP contribution < -0.4 is 16.4 Å². The van der Waals surface area contributed by atoms with E-state index in [9.17, 15) is 0 Å². The number of benzene rings is 2. The Hall–Kier alpha value is -4.43. The second-order valence-corrected chi connectivity index (χ2v) is 10.2. The Labute approximate surface area is 241 Å². The van der Waals surface area contributed by atoms with Gasteiger partial charge in [-0.1, -0.05) is 51.1 Å². The van der Waals surface area contributed by atoms with E-state index in [0.717, 1.165) is 87.0 Å². The molecule has 5 aromatic rings. The fourth-order valence-corrected chi connectivity index (χ4v) is 4.89. The third kappa shape index (κ3) is 6.02. The molecule has 41 heavy (non-hydrogen) atoms. The molecule has 0 spiro atoms. The topological polar surface area (TPSA) is 117 Å². The minimum Gasteiger partial charge on any atom is -0.453 e. The maximum absolute atomic E-state index is 6.11. The number of fused-ring (bicyclic) bond motifs is 2. The van der Waals surface area contributed by atoms with E-state index in [4.69, 9.17) is 15.1 Å². The molecular weight excluding hydrogens is 510 g/mol. The first-order chi connectivity index (χ1) is 20.0. The second kappa shape index (κ2) is 12.4. The zero-order chi connectivity index (χ0) is 28.9. The molecule has 2 aliphatic heterocycles. The summed E-state index contributed by atoms with van der Waals surface area (Å²) in [4.78, 5) is 17.4. The van der Waals surface area contributed by atoms with E-state index >= 15 is 0 Å². The highest BCUT2D eigenvalue weighted by Crippen LogP contribution is 2.29. The van der Waals surface area contributed by atoms with Gasteiger partial charge >= 0.3 is 0 Å². The van der Waals surface area contributed by atoms with E-state index in [0.29, 0.717) is 12.1 Å². The molecule has 2 atom stereocenters. The molecular formula is C33H39N7O. The summed E-state index contributed by atoms with van der Waals surface area (Å²) in [5, 5.41) is 9.01. The van der Waals surface area contributed by atoms with Gasteiger partial charge in [0.1, 0.15) is 11.4 Å². The average molecular weight is 550 g/mol. The van der Waals surface area contributed by atoms with Gasteiger partial charge in [-0.15, -0.1) is 0 Å². The van der Waals surface area contributed by atoms with Crippen molar-refractivity contribution in [2.45, 2.75) is 46.7 Å². The number of H-pyrrole nitrogens is 1. The van der Waals surface area contributed by atoms with Gasteiger partial charge in [-0.05, 0) is 56.3 Å². The first-order valence-corrected chi connectivity index (χ1v) is 14.5. The van der Waals surface area contributed by atoms with Crippen molar-refractivity contribution in [3.05, 3.63) is 78.2 Å². The molecule has 0 radical (unpaired) electrons. The van der Waals surface area contributed by atoms with Crippen LogP contribution in [0.25, 0.3) is 44.4 Å². The summed E-state index contributed by atoms with van der Waals surface area (Å²) in [6, 6.07) is 21.7. The van der Waals surface area contributed by atoms with Crippen LogP contribution in [0.4, 0.5) is 0 Å². The minimum absolute atomic E-state index is 0.343. The molecule has 2 unspecified atom stereocenters. The first-order valence-electron chi connectivity index (χ1n) is 14.5. The second-order valence-electron chi connectivity index (χ2n) is 10.2. The van der Waals surface area contributed by atoms with Crippen LogP contribution in [0.5, 0.6) is 0 Å². The number of rotatable bonds is 4. The fourth-order valence-electron chi connectivity index (χ4n) is 4.89. The Morgan fingerprint density at radius 2 is 1.46 bits per heavy atom. The van der Waals surface area contributed by atoms with Crippen LogP contribution >= 0.6 is 0 Å². The van der Waals surface area contributed by atoms with Crippen LogP contribution in [0, 0.1) is 0 Å². The normalized spacial score (nSPS) is 17.6. The van der Waals surface area contributed by atoms with Crippen LogP contribution in [0.3, 0.4) is 0 Å². The Kier molecular flexibility index (Phi) is 8.50. The van der Waals surface area contributed by atoms with Gasteiger partial charge in [-0.2, -0.15) is 0 Å². The summed E-state index contributed by atoms with van der Waals surface area (Å²) < 4.78 is 6.11. The molecule has 8 heteroatoms. The number of hydrogen-bond acceptors (Lipinski definition) is 7. The molecule has 0 amide bonds. The third-order valence-electron chi connectivity index (χ3n) is 6.83. The Morgan fingerprint density at radius 1 is 0.805 bits per heavy atom. The first kappa shape index (κ1) is 28.1. The third-order valence-corrected chi connectivity index (χ3v) is 6.83. The predicted octanol–water partition coefficient (Wildman–Crippen LogP) is 6.11. The maximum atomic E-state index is 6.11. The summed E-state index contributed by atoms with van der Waals surface area (Å²) in [5.74, 6) is 2.58. The number of hydrogen-bond donors (Lipinski definition) is 4. The predicted molar refractivity (Wildman–Crippen MR) is 171 cm³/mol. The van der Waals surface area contributed by atoms with E-state index in [2.05, 4.69) is 94.0 Å². The molecule has 0 fully saturated rings. The van der Waals surface area contributed by atoms with Crippen LogP contribution in [0.1, 0.15) is 45.9 Å².